The summed E-state index contributed by atoms with van der Waals surface area (Å²) in [6.07, 6.45) is 2.31. The van der Waals surface area contributed by atoms with Crippen LogP contribution in [0.3, 0.4) is 0 Å². The molecule has 204 valence electrons. The van der Waals surface area contributed by atoms with Crippen LogP contribution < -0.4 is 5.32 Å². The number of nitrogens with zero attached hydrogens (tertiary/aromatic N) is 3. The number of alkyl halides is 3. The normalized spacial score (nSPS) is 15.3. The first-order valence-corrected chi connectivity index (χ1v) is 13.6. The van der Waals surface area contributed by atoms with Gasteiger partial charge in [-0.05, 0) is 74.6 Å². The highest BCUT2D eigenvalue weighted by Gasteiger charge is 2.31. The predicted molar refractivity (Wildman–Crippen MR) is 145 cm³/mol. The lowest BCUT2D eigenvalue weighted by Crippen LogP contribution is -2.27. The van der Waals surface area contributed by atoms with E-state index in [0.717, 1.165) is 42.8 Å². The maximum absolute atomic E-state index is 13.1. The van der Waals surface area contributed by atoms with Crippen molar-refractivity contribution in [1.82, 2.24) is 14.7 Å². The zero-order valence-electron chi connectivity index (χ0n) is 22.4. The van der Waals surface area contributed by atoms with E-state index in [-0.39, 0.29) is 11.9 Å². The van der Waals surface area contributed by atoms with E-state index in [1.165, 1.54) is 31.4 Å². The molecule has 0 spiro atoms. The van der Waals surface area contributed by atoms with Crippen molar-refractivity contribution in [1.29, 1.82) is 0 Å². The predicted octanol–water partition coefficient (Wildman–Crippen LogP) is 7.80. The number of aromatic nitrogens is 2. The van der Waals surface area contributed by atoms with Gasteiger partial charge in [-0.2, -0.15) is 18.3 Å². The van der Waals surface area contributed by atoms with Crippen molar-refractivity contribution in [3.8, 4) is 11.3 Å². The lowest BCUT2D eigenvalue weighted by Gasteiger charge is -2.32. The summed E-state index contributed by atoms with van der Waals surface area (Å²) in [5.74, 6) is 0.413. The van der Waals surface area contributed by atoms with Gasteiger partial charge in [0.25, 0.3) is 5.91 Å². The summed E-state index contributed by atoms with van der Waals surface area (Å²) in [5, 5.41) is 8.49. The molecule has 2 aromatic carbocycles. The van der Waals surface area contributed by atoms with Gasteiger partial charge in [0.05, 0.1) is 23.0 Å². The Balaban J connectivity index is 1.62. The molecule has 1 fully saturated rings. The third kappa shape index (κ3) is 6.40. The molecule has 8 heteroatoms. The fraction of sp³-hybridized carbons (Fsp3) is 0.467. The third-order valence-electron chi connectivity index (χ3n) is 7.42. The first kappa shape index (κ1) is 27.7. The van der Waals surface area contributed by atoms with E-state index >= 15 is 0 Å². The van der Waals surface area contributed by atoms with E-state index < -0.39 is 11.7 Å². The number of hydrogen-bond donors (Lipinski definition) is 1. The SMILES string of the molecule is CCCN(C)C(=O)c1ccc(NC(c2cc(-c3ccc(C(F)(F)F)cc3)nn2CC)C2CCCCC2)cc1. The van der Waals surface area contributed by atoms with Crippen LogP contribution in [-0.4, -0.2) is 34.2 Å². The number of aryl methyl sites for hydroxylation is 1. The van der Waals surface area contributed by atoms with Gasteiger partial charge in [-0.25, -0.2) is 0 Å². The van der Waals surface area contributed by atoms with Crippen molar-refractivity contribution < 1.29 is 18.0 Å². The summed E-state index contributed by atoms with van der Waals surface area (Å²) in [4.78, 5) is 14.4. The van der Waals surface area contributed by atoms with Crippen molar-refractivity contribution in [2.75, 3.05) is 18.9 Å². The molecule has 38 heavy (non-hydrogen) atoms. The van der Waals surface area contributed by atoms with Crippen LogP contribution in [0.4, 0.5) is 18.9 Å². The van der Waals surface area contributed by atoms with Gasteiger partial charge >= 0.3 is 6.18 Å². The Hall–Kier alpha value is -3.29. The minimum atomic E-state index is -4.37. The molecule has 0 radical (unpaired) electrons. The van der Waals surface area contributed by atoms with E-state index in [0.29, 0.717) is 35.8 Å². The Morgan fingerprint density at radius 2 is 1.71 bits per heavy atom. The second kappa shape index (κ2) is 12.0. The lowest BCUT2D eigenvalue weighted by atomic mass is 9.82. The Labute approximate surface area is 223 Å². The number of anilines is 1. The second-order valence-corrected chi connectivity index (χ2v) is 10.2. The molecule has 5 nitrogen and oxygen atoms in total. The Bertz CT molecular complexity index is 1200. The lowest BCUT2D eigenvalue weighted by molar-refractivity contribution is -0.137. The fourth-order valence-corrected chi connectivity index (χ4v) is 5.35. The average molecular weight is 527 g/mol. The Kier molecular flexibility index (Phi) is 8.80. The van der Waals surface area contributed by atoms with Crippen LogP contribution in [0, 0.1) is 5.92 Å². The fourth-order valence-electron chi connectivity index (χ4n) is 5.35. The van der Waals surface area contributed by atoms with E-state index in [1.807, 2.05) is 55.9 Å². The molecule has 0 bridgehead atoms. The topological polar surface area (TPSA) is 50.2 Å². The first-order chi connectivity index (χ1) is 18.2. The Morgan fingerprint density at radius 1 is 1.05 bits per heavy atom. The number of carbonyl (C=O) groups is 1. The van der Waals surface area contributed by atoms with Crippen LogP contribution in [0.5, 0.6) is 0 Å². The molecule has 0 aliphatic heterocycles. The van der Waals surface area contributed by atoms with Crippen LogP contribution >= 0.6 is 0 Å². The summed E-state index contributed by atoms with van der Waals surface area (Å²) in [6, 6.07) is 14.8. The van der Waals surface area contributed by atoms with Crippen LogP contribution in [0.1, 0.15) is 80.0 Å². The standard InChI is InChI=1S/C30H37F3N4O/c1-4-19-36(3)29(38)23-13-17-25(18-14-23)34-28(22-9-7-6-8-10-22)27-20-26(35-37(27)5-2)21-11-15-24(16-12-21)30(31,32)33/h11-18,20,22,28,34H,4-10,19H2,1-3H3. The van der Waals surface area contributed by atoms with Crippen LogP contribution in [0.2, 0.25) is 0 Å². The van der Waals surface area contributed by atoms with Gasteiger partial charge in [-0.1, -0.05) is 38.3 Å². The Morgan fingerprint density at radius 3 is 2.29 bits per heavy atom. The number of amides is 1. The molecule has 4 rings (SSSR count). The number of halogens is 3. The van der Waals surface area contributed by atoms with E-state index in [2.05, 4.69) is 5.32 Å². The number of benzene rings is 2. The molecule has 1 aromatic heterocycles. The largest absolute Gasteiger partial charge is 0.416 e. The molecule has 1 saturated carbocycles. The van der Waals surface area contributed by atoms with Gasteiger partial charge < -0.3 is 10.2 Å². The van der Waals surface area contributed by atoms with Gasteiger partial charge in [-0.3, -0.25) is 9.48 Å². The quantitative estimate of drug-likeness (QED) is 0.309. The minimum absolute atomic E-state index is 0.00438. The van der Waals surface area contributed by atoms with Crippen LogP contribution in [0.25, 0.3) is 11.3 Å². The highest BCUT2D eigenvalue weighted by molar-refractivity contribution is 5.94. The van der Waals surface area contributed by atoms with Crippen molar-refractivity contribution >= 4 is 11.6 Å². The van der Waals surface area contributed by atoms with Gasteiger partial charge in [0.15, 0.2) is 0 Å². The molecule has 1 unspecified atom stereocenters. The monoisotopic (exact) mass is 526 g/mol. The number of nitrogens with one attached hydrogen (secondary N) is 1. The maximum Gasteiger partial charge on any atom is 0.416 e. The highest BCUT2D eigenvalue weighted by atomic mass is 19.4. The summed E-state index contributed by atoms with van der Waals surface area (Å²) >= 11 is 0. The summed E-state index contributed by atoms with van der Waals surface area (Å²) in [5.41, 5.74) is 3.27. The molecule has 1 atom stereocenters. The van der Waals surface area contributed by atoms with Gasteiger partial charge in [0, 0.05) is 37.0 Å². The number of hydrogen-bond acceptors (Lipinski definition) is 3. The maximum atomic E-state index is 13.1. The number of carbonyl (C=O) groups excluding carboxylic acids is 1. The summed E-state index contributed by atoms with van der Waals surface area (Å²) < 4.78 is 41.1. The van der Waals surface area contributed by atoms with Crippen molar-refractivity contribution in [3.05, 3.63) is 71.4 Å². The van der Waals surface area contributed by atoms with Crippen molar-refractivity contribution in [2.45, 2.75) is 71.1 Å². The van der Waals surface area contributed by atoms with Crippen LogP contribution in [-0.2, 0) is 12.7 Å². The molecular formula is C30H37F3N4O. The van der Waals surface area contributed by atoms with Gasteiger partial charge in [-0.15, -0.1) is 0 Å². The smallest absolute Gasteiger partial charge is 0.376 e. The summed E-state index contributed by atoms with van der Waals surface area (Å²) in [7, 11) is 1.82. The van der Waals surface area contributed by atoms with E-state index in [9.17, 15) is 18.0 Å². The van der Waals surface area contributed by atoms with Crippen LogP contribution in [0.15, 0.2) is 54.6 Å². The molecule has 1 N–H and O–H groups in total. The molecule has 1 aliphatic rings. The second-order valence-electron chi connectivity index (χ2n) is 10.2. The molecule has 3 aromatic rings. The van der Waals surface area contributed by atoms with E-state index in [1.54, 1.807) is 4.90 Å². The van der Waals surface area contributed by atoms with Crippen molar-refractivity contribution in [2.24, 2.45) is 5.92 Å². The molecular weight excluding hydrogens is 489 g/mol. The zero-order valence-corrected chi connectivity index (χ0v) is 22.4. The van der Waals surface area contributed by atoms with Gasteiger partial charge in [0.1, 0.15) is 0 Å². The highest BCUT2D eigenvalue weighted by Crippen LogP contribution is 2.38. The van der Waals surface area contributed by atoms with E-state index in [4.69, 9.17) is 5.10 Å². The first-order valence-electron chi connectivity index (χ1n) is 13.6. The number of rotatable bonds is 9. The summed E-state index contributed by atoms with van der Waals surface area (Å²) in [6.45, 7) is 5.44. The molecule has 1 amide bonds. The molecule has 0 saturated heterocycles. The average Bonchev–Trinajstić information content (AvgIpc) is 3.36. The van der Waals surface area contributed by atoms with Crippen molar-refractivity contribution in [3.63, 3.8) is 0 Å². The molecule has 1 heterocycles. The zero-order chi connectivity index (χ0) is 27.3. The third-order valence-corrected chi connectivity index (χ3v) is 7.42. The molecule has 1 aliphatic carbocycles. The van der Waals surface area contributed by atoms with Gasteiger partial charge in [0.2, 0.25) is 0 Å². The minimum Gasteiger partial charge on any atom is -0.376 e.